The monoisotopic (exact) mass is 378 g/mol. The number of carbonyl (C=O) groups is 6. The molecule has 2 heterocycles. The molecule has 0 aliphatic carbocycles. The lowest BCUT2D eigenvalue weighted by Crippen LogP contribution is -2.59. The number of imide groups is 2. The fourth-order valence-corrected chi connectivity index (χ4v) is 2.78. The van der Waals surface area contributed by atoms with Crippen molar-refractivity contribution in [3.05, 3.63) is 70.8 Å². The van der Waals surface area contributed by atoms with Gasteiger partial charge in [-0.1, -0.05) is 12.1 Å². The summed E-state index contributed by atoms with van der Waals surface area (Å²) in [4.78, 5) is 73.1. The van der Waals surface area contributed by atoms with Crippen molar-refractivity contribution in [2.24, 2.45) is 0 Å². The second-order valence-electron chi connectivity index (χ2n) is 5.93. The van der Waals surface area contributed by atoms with Crippen molar-refractivity contribution in [1.29, 1.82) is 0 Å². The molecular formula is C18H10N4O6. The van der Waals surface area contributed by atoms with Crippen LogP contribution in [0.2, 0.25) is 0 Å². The Balaban J connectivity index is 1.48. The van der Waals surface area contributed by atoms with Gasteiger partial charge in [-0.3, -0.25) is 28.8 Å². The zero-order chi connectivity index (χ0) is 20.0. The molecule has 6 amide bonds. The van der Waals surface area contributed by atoms with Gasteiger partial charge in [0.05, 0.1) is 0 Å². The molecule has 28 heavy (non-hydrogen) atoms. The maximum absolute atomic E-state index is 12.2. The van der Waals surface area contributed by atoms with E-state index in [2.05, 4.69) is 0 Å². The van der Waals surface area contributed by atoms with E-state index in [1.54, 1.807) is 0 Å². The van der Waals surface area contributed by atoms with E-state index in [4.69, 9.17) is 0 Å². The van der Waals surface area contributed by atoms with Gasteiger partial charge in [0, 0.05) is 22.3 Å². The molecule has 10 heteroatoms. The summed E-state index contributed by atoms with van der Waals surface area (Å²) >= 11 is 0. The predicted octanol–water partition coefficient (Wildman–Crippen LogP) is -0.359. The van der Waals surface area contributed by atoms with Crippen LogP contribution in [-0.4, -0.2) is 45.5 Å². The van der Waals surface area contributed by atoms with E-state index in [-0.39, 0.29) is 22.3 Å². The van der Waals surface area contributed by atoms with Crippen LogP contribution in [0.4, 0.5) is 0 Å². The first-order valence-electron chi connectivity index (χ1n) is 7.96. The Kier molecular flexibility index (Phi) is 3.74. The van der Waals surface area contributed by atoms with Gasteiger partial charge >= 0.3 is 11.8 Å². The van der Waals surface area contributed by atoms with E-state index in [9.17, 15) is 28.8 Å². The molecule has 2 aliphatic heterocycles. The third-order valence-corrected chi connectivity index (χ3v) is 4.16. The number of nitrogens with one attached hydrogen (secondary N) is 2. The lowest BCUT2D eigenvalue weighted by atomic mass is 10.1. The van der Waals surface area contributed by atoms with Crippen LogP contribution in [0.3, 0.4) is 0 Å². The molecular weight excluding hydrogens is 368 g/mol. The summed E-state index contributed by atoms with van der Waals surface area (Å²) in [6.45, 7) is 0. The molecule has 0 saturated heterocycles. The van der Waals surface area contributed by atoms with E-state index in [0.717, 1.165) is 0 Å². The number of hydrazine groups is 2. The van der Waals surface area contributed by atoms with E-state index in [1.807, 2.05) is 10.9 Å². The SMILES string of the molecule is O=C(NN1C(=O)c2cccc(c2)C1=O)C(=O)NN1C(=O)c2cccc(c2)C1=O. The van der Waals surface area contributed by atoms with Crippen molar-refractivity contribution in [3.63, 3.8) is 0 Å². The lowest BCUT2D eigenvalue weighted by molar-refractivity contribution is -0.142. The minimum Gasteiger partial charge on any atom is -0.267 e. The number of fused-ring (bicyclic) bond motifs is 4. The minimum atomic E-state index is -1.40. The molecule has 0 radical (unpaired) electrons. The number of hydrogen-bond acceptors (Lipinski definition) is 6. The van der Waals surface area contributed by atoms with Crippen LogP contribution in [0.5, 0.6) is 0 Å². The normalized spacial score (nSPS) is 14.9. The Hall–Kier alpha value is -4.34. The number of carbonyl (C=O) groups excluding carboxylic acids is 6. The standard InChI is InChI=1S/C18H10N4O6/c23-13(19-21-15(25)9-3-1-4-10(7-9)16(21)26)14(24)20-22-17(27)11-5-2-6-12(8-11)18(22)28/h1-8H,(H,19,23)(H,20,24). The van der Waals surface area contributed by atoms with E-state index in [1.165, 1.54) is 48.5 Å². The molecule has 0 aromatic heterocycles. The Morgan fingerprint density at radius 3 is 1.14 bits per heavy atom. The number of amides is 6. The molecule has 0 atom stereocenters. The van der Waals surface area contributed by atoms with E-state index in [0.29, 0.717) is 10.0 Å². The van der Waals surface area contributed by atoms with Gasteiger partial charge < -0.3 is 0 Å². The first-order valence-corrected chi connectivity index (χ1v) is 7.96. The maximum atomic E-state index is 12.2. The third-order valence-electron chi connectivity index (χ3n) is 4.16. The fourth-order valence-electron chi connectivity index (χ4n) is 2.78. The van der Waals surface area contributed by atoms with Crippen LogP contribution in [0.25, 0.3) is 0 Å². The fraction of sp³-hybridized carbons (Fsp3) is 0. The quantitative estimate of drug-likeness (QED) is 0.542. The summed E-state index contributed by atoms with van der Waals surface area (Å²) < 4.78 is 0. The minimum absolute atomic E-state index is 0.151. The highest BCUT2D eigenvalue weighted by Crippen LogP contribution is 2.17. The van der Waals surface area contributed by atoms with Crippen molar-refractivity contribution in [3.8, 4) is 0 Å². The van der Waals surface area contributed by atoms with Crippen LogP contribution < -0.4 is 10.9 Å². The van der Waals surface area contributed by atoms with Gasteiger partial charge in [-0.25, -0.2) is 10.9 Å². The average Bonchev–Trinajstić information content (AvgIpc) is 2.72. The summed E-state index contributed by atoms with van der Waals surface area (Å²) in [5.74, 6) is -6.08. The number of benzene rings is 2. The van der Waals surface area contributed by atoms with E-state index >= 15 is 0 Å². The van der Waals surface area contributed by atoms with Crippen LogP contribution in [-0.2, 0) is 9.59 Å². The summed E-state index contributed by atoms with van der Waals surface area (Å²) in [5, 5.41) is 0.796. The van der Waals surface area contributed by atoms with Gasteiger partial charge in [-0.05, 0) is 36.4 Å². The highest BCUT2D eigenvalue weighted by molar-refractivity contribution is 6.36. The number of nitrogens with zero attached hydrogens (tertiary/aromatic N) is 2. The van der Waals surface area contributed by atoms with Crippen molar-refractivity contribution in [2.75, 3.05) is 0 Å². The molecule has 10 nitrogen and oxygen atoms in total. The first kappa shape index (κ1) is 17.1. The maximum Gasteiger partial charge on any atom is 0.330 e. The molecule has 4 rings (SSSR count). The van der Waals surface area contributed by atoms with Crippen molar-refractivity contribution < 1.29 is 28.8 Å². The van der Waals surface area contributed by atoms with Crippen molar-refractivity contribution in [2.45, 2.75) is 0 Å². The van der Waals surface area contributed by atoms with Gasteiger partial charge in [-0.15, -0.1) is 0 Å². The topological polar surface area (TPSA) is 133 Å². The highest BCUT2D eigenvalue weighted by Gasteiger charge is 2.35. The summed E-state index contributed by atoms with van der Waals surface area (Å²) in [7, 11) is 0. The number of hydrogen-bond donors (Lipinski definition) is 2. The molecule has 138 valence electrons. The summed E-state index contributed by atoms with van der Waals surface area (Å²) in [5.41, 5.74) is 4.39. The van der Waals surface area contributed by atoms with Crippen LogP contribution in [0.1, 0.15) is 41.4 Å². The summed E-state index contributed by atoms with van der Waals surface area (Å²) in [6, 6.07) is 11.5. The largest absolute Gasteiger partial charge is 0.330 e. The molecule has 4 bridgehead atoms. The van der Waals surface area contributed by atoms with Crippen molar-refractivity contribution >= 4 is 35.4 Å². The smallest absolute Gasteiger partial charge is 0.267 e. The zero-order valence-electron chi connectivity index (χ0n) is 14.0. The first-order chi connectivity index (χ1) is 13.4. The molecule has 2 aromatic rings. The lowest BCUT2D eigenvalue weighted by Gasteiger charge is -2.27. The van der Waals surface area contributed by atoms with E-state index < -0.39 is 35.4 Å². The van der Waals surface area contributed by atoms with Crippen LogP contribution in [0.15, 0.2) is 48.5 Å². The predicted molar refractivity (Wildman–Crippen MR) is 90.2 cm³/mol. The molecule has 2 aliphatic rings. The van der Waals surface area contributed by atoms with Crippen LogP contribution in [0, 0.1) is 0 Å². The molecule has 0 saturated carbocycles. The molecule has 0 fully saturated rings. The molecule has 0 unspecified atom stereocenters. The molecule has 0 spiro atoms. The van der Waals surface area contributed by atoms with Gasteiger partial charge in [0.25, 0.3) is 23.6 Å². The molecule has 2 aromatic carbocycles. The Morgan fingerprint density at radius 2 is 0.857 bits per heavy atom. The average molecular weight is 378 g/mol. The summed E-state index contributed by atoms with van der Waals surface area (Å²) in [6.07, 6.45) is 0. The van der Waals surface area contributed by atoms with Gasteiger partial charge in [0.1, 0.15) is 0 Å². The van der Waals surface area contributed by atoms with Gasteiger partial charge in [0.2, 0.25) is 0 Å². The Labute approximate surface area is 156 Å². The Morgan fingerprint density at radius 1 is 0.571 bits per heavy atom. The Bertz CT molecular complexity index is 959. The molecule has 2 N–H and O–H groups in total. The second-order valence-corrected chi connectivity index (χ2v) is 5.93. The third kappa shape index (κ3) is 2.60. The second kappa shape index (κ2) is 6.13. The van der Waals surface area contributed by atoms with Crippen molar-refractivity contribution in [1.82, 2.24) is 20.9 Å². The van der Waals surface area contributed by atoms with Gasteiger partial charge in [-0.2, -0.15) is 10.0 Å². The number of rotatable bonds is 2. The van der Waals surface area contributed by atoms with Crippen LogP contribution >= 0.6 is 0 Å². The highest BCUT2D eigenvalue weighted by atomic mass is 16.2. The zero-order valence-corrected chi connectivity index (χ0v) is 14.0. The van der Waals surface area contributed by atoms with Gasteiger partial charge in [0.15, 0.2) is 0 Å².